The number of alkyl halides is 1. The molecule has 5 aromatic rings. The molecular weight excluding hydrogens is 904 g/mol. The van der Waals surface area contributed by atoms with Crippen molar-refractivity contribution in [1.82, 2.24) is 44.8 Å². The fourth-order valence-electron chi connectivity index (χ4n) is 8.69. The van der Waals surface area contributed by atoms with Crippen LogP contribution < -0.4 is 26.5 Å². The fraction of sp³-hybridized carbons (Fsp3) is 0.565. The van der Waals surface area contributed by atoms with Gasteiger partial charge in [0.05, 0.1) is 24.5 Å². The zero-order valence-electron chi connectivity index (χ0n) is 36.5. The normalized spacial score (nSPS) is 16.4. The molecule has 4 heterocycles. The van der Waals surface area contributed by atoms with E-state index in [9.17, 15) is 19.2 Å². The van der Waals surface area contributed by atoms with Gasteiger partial charge in [-0.15, -0.1) is 5.10 Å². The molecule has 1 N–H and O–H groups in total. The number of nitrogens with zero attached hydrogens (tertiary/aromatic N) is 8. The van der Waals surface area contributed by atoms with E-state index in [0.29, 0.717) is 67.8 Å². The summed E-state index contributed by atoms with van der Waals surface area (Å²) in [7, 11) is 1.82. The first kappa shape index (κ1) is 45.3. The third-order valence-corrected chi connectivity index (χ3v) is 15.2. The molecule has 62 heavy (non-hydrogen) atoms. The van der Waals surface area contributed by atoms with E-state index >= 15 is 4.39 Å². The predicted molar refractivity (Wildman–Crippen MR) is 230 cm³/mol. The van der Waals surface area contributed by atoms with Gasteiger partial charge >= 0.3 is 220 Å². The number of ether oxygens (including phenoxy) is 1. The fourth-order valence-corrected chi connectivity index (χ4v) is 11.8. The molecule has 0 radical (unpaired) electrons. The van der Waals surface area contributed by atoms with E-state index in [1.807, 2.05) is 36.2 Å². The number of likely N-dealkylation sites (tertiary alicyclic amines) is 1. The number of amides is 2. The molecule has 0 spiro atoms. The van der Waals surface area contributed by atoms with Crippen LogP contribution in [0.4, 0.5) is 4.39 Å². The number of fused-ring (bicyclic) bond motifs is 2. The Morgan fingerprint density at radius 2 is 1.60 bits per heavy atom. The molecule has 2 aliphatic rings. The SMILES string of the molecule is Cn1ncc2cc(F)c(-c3cccc4c3c(C3CCN(C(=O)CCC(=O)[I-]C5CCCCCCCCCC5)CC3)nn4CC(=O)NCc3cn(CC(=O)OC(C)(C)C)nn3)cc21. The average molecular weight is 965 g/mol. The van der Waals surface area contributed by atoms with Crippen LogP contribution in [0.2, 0.25) is 0 Å². The minimum atomic E-state index is -0.627. The zero-order valence-corrected chi connectivity index (χ0v) is 38.7. The Balaban J connectivity index is 1.04. The Bertz CT molecular complexity index is 2360. The van der Waals surface area contributed by atoms with Gasteiger partial charge in [0, 0.05) is 12.4 Å². The summed E-state index contributed by atoms with van der Waals surface area (Å²) < 4.78 is 26.9. The molecular formula is C46H60FIN9O5-. The third-order valence-electron chi connectivity index (χ3n) is 11.8. The monoisotopic (exact) mass is 964 g/mol. The van der Waals surface area contributed by atoms with Crippen molar-refractivity contribution < 1.29 is 49.5 Å². The van der Waals surface area contributed by atoms with Gasteiger partial charge in [0.2, 0.25) is 5.91 Å². The molecule has 1 aliphatic carbocycles. The van der Waals surface area contributed by atoms with Crippen molar-refractivity contribution in [1.29, 1.82) is 0 Å². The maximum absolute atomic E-state index is 16.0. The number of carbonyl (C=O) groups is 4. The van der Waals surface area contributed by atoms with E-state index < -0.39 is 32.8 Å². The first-order chi connectivity index (χ1) is 29.8. The van der Waals surface area contributed by atoms with E-state index in [-0.39, 0.29) is 49.6 Å². The number of piperidine rings is 1. The second kappa shape index (κ2) is 20.6. The number of carbonyl (C=O) groups excluding carboxylic acids is 4. The van der Waals surface area contributed by atoms with E-state index in [1.165, 1.54) is 62.1 Å². The minimum absolute atomic E-state index is 0.0208. The summed E-state index contributed by atoms with van der Waals surface area (Å²) in [6.45, 7) is 6.29. The predicted octanol–water partition coefficient (Wildman–Crippen LogP) is 4.36. The Morgan fingerprint density at radius 3 is 2.31 bits per heavy atom. The van der Waals surface area contributed by atoms with Gasteiger partial charge in [-0.3, -0.25) is 14.3 Å². The summed E-state index contributed by atoms with van der Waals surface area (Å²) in [6, 6.07) is 8.93. The number of rotatable bonds is 13. The summed E-state index contributed by atoms with van der Waals surface area (Å²) in [4.78, 5) is 54.3. The molecule has 16 heteroatoms. The Labute approximate surface area is 372 Å². The van der Waals surface area contributed by atoms with E-state index in [4.69, 9.17) is 9.84 Å². The molecule has 14 nitrogen and oxygen atoms in total. The first-order valence-corrected chi connectivity index (χ1v) is 24.6. The van der Waals surface area contributed by atoms with Crippen molar-refractivity contribution in [3.05, 3.63) is 59.9 Å². The van der Waals surface area contributed by atoms with Gasteiger partial charge < -0.3 is 10.1 Å². The average Bonchev–Trinajstić information content (AvgIpc) is 3.94. The summed E-state index contributed by atoms with van der Waals surface area (Å²) in [6.07, 6.45) is 17.6. The number of aromatic nitrogens is 7. The quantitative estimate of drug-likeness (QED) is 0.0784. The van der Waals surface area contributed by atoms with Gasteiger partial charge in [0.15, 0.2) is 0 Å². The van der Waals surface area contributed by atoms with Gasteiger partial charge in [0.1, 0.15) is 23.7 Å². The Morgan fingerprint density at radius 1 is 0.887 bits per heavy atom. The second-order valence-electron chi connectivity index (χ2n) is 17.8. The van der Waals surface area contributed by atoms with Crippen molar-refractivity contribution in [3.8, 4) is 11.1 Å². The molecule has 0 unspecified atom stereocenters. The van der Waals surface area contributed by atoms with Crippen LogP contribution in [-0.2, 0) is 50.6 Å². The second-order valence-corrected chi connectivity index (χ2v) is 21.4. The Kier molecular flexibility index (Phi) is 15.1. The number of aryl methyl sites for hydroxylation is 1. The Hall–Kier alpha value is -4.74. The van der Waals surface area contributed by atoms with Crippen LogP contribution in [-0.4, -0.2) is 83.6 Å². The molecule has 1 saturated carbocycles. The van der Waals surface area contributed by atoms with E-state index in [1.54, 1.807) is 42.5 Å². The van der Waals surface area contributed by atoms with Gasteiger partial charge in [0.25, 0.3) is 0 Å². The van der Waals surface area contributed by atoms with Crippen LogP contribution in [0, 0.1) is 5.82 Å². The van der Waals surface area contributed by atoms with Gasteiger partial charge in [-0.1, -0.05) is 11.3 Å². The van der Waals surface area contributed by atoms with Crippen LogP contribution in [0.15, 0.2) is 42.7 Å². The molecule has 2 fully saturated rings. The van der Waals surface area contributed by atoms with Crippen molar-refractivity contribution >= 4 is 43.4 Å². The number of nitrogens with one attached hydrogen (secondary N) is 1. The molecule has 3 aromatic heterocycles. The van der Waals surface area contributed by atoms with Gasteiger partial charge in [-0.25, -0.2) is 9.07 Å². The number of halogens is 2. The molecule has 2 amide bonds. The minimum Gasteiger partial charge on any atom is -0.459 e. The topological polar surface area (TPSA) is 159 Å². The molecule has 0 bridgehead atoms. The molecule has 1 aliphatic heterocycles. The molecule has 1 saturated heterocycles. The van der Waals surface area contributed by atoms with Crippen molar-refractivity contribution in [2.45, 2.75) is 146 Å². The number of esters is 1. The van der Waals surface area contributed by atoms with Crippen molar-refractivity contribution in [2.75, 3.05) is 13.1 Å². The zero-order chi connectivity index (χ0) is 43.8. The molecule has 0 atom stereocenters. The summed E-state index contributed by atoms with van der Waals surface area (Å²) >= 11 is -0.588. The van der Waals surface area contributed by atoms with E-state index in [0.717, 1.165) is 29.4 Å². The molecule has 7 rings (SSSR count). The van der Waals surface area contributed by atoms with Crippen LogP contribution >= 0.6 is 0 Å². The first-order valence-electron chi connectivity index (χ1n) is 22.2. The summed E-state index contributed by atoms with van der Waals surface area (Å²) in [5.74, 6) is -1.18. The summed E-state index contributed by atoms with van der Waals surface area (Å²) in [5.41, 5.74) is 3.15. The van der Waals surface area contributed by atoms with Crippen LogP contribution in [0.25, 0.3) is 32.9 Å². The maximum atomic E-state index is 16.0. The van der Waals surface area contributed by atoms with E-state index in [2.05, 4.69) is 20.7 Å². The number of hydrogen-bond donors (Lipinski definition) is 1. The summed E-state index contributed by atoms with van der Waals surface area (Å²) in [5, 5.41) is 21.8. The van der Waals surface area contributed by atoms with Gasteiger partial charge in [-0.2, -0.15) is 5.10 Å². The number of benzene rings is 2. The molecule has 2 aromatic carbocycles. The standard InChI is InChI=1S/C46H60FIN9O5/c1-46(2,3)62-43(61)30-56-28-34(51-53-56)27-49-41(59)29-57-38-17-13-16-35(36-25-39-32(24-37(36)47)26-50-54(39)4)44(38)45(52-57)31-20-22-55(23-21-31)42(60)19-18-40(58)48-33-14-11-9-7-5-6-8-10-12-15-33/h13,16-17,24-26,28,31,33H,5-12,14-15,18-23,27,29-30H2,1-4H3,(H,49,59)/q-1. The van der Waals surface area contributed by atoms with Crippen LogP contribution in [0.3, 0.4) is 0 Å². The number of hydrogen-bond acceptors (Lipinski definition) is 9. The third kappa shape index (κ3) is 11.8. The van der Waals surface area contributed by atoms with Gasteiger partial charge in [-0.05, 0) is 32.9 Å². The van der Waals surface area contributed by atoms with Crippen molar-refractivity contribution in [2.24, 2.45) is 7.05 Å². The van der Waals surface area contributed by atoms with Crippen LogP contribution in [0.5, 0.6) is 0 Å². The van der Waals surface area contributed by atoms with Crippen LogP contribution in [0.1, 0.15) is 128 Å². The molecule has 334 valence electrons. The van der Waals surface area contributed by atoms with Crippen molar-refractivity contribution in [3.63, 3.8) is 0 Å². The smallest absolute Gasteiger partial charge is 0.459 e.